The third-order valence-corrected chi connectivity index (χ3v) is 5.84. The minimum absolute atomic E-state index is 0.982. The summed E-state index contributed by atoms with van der Waals surface area (Å²) in [5, 5.41) is 0. The molecule has 0 aromatic heterocycles. The van der Waals surface area contributed by atoms with Gasteiger partial charge in [0.2, 0.25) is 0 Å². The van der Waals surface area contributed by atoms with Crippen molar-refractivity contribution in [2.75, 3.05) is 0 Å². The third-order valence-electron chi connectivity index (χ3n) is 5.84. The minimum Gasteiger partial charge on any atom is -0.0654 e. The average molecular weight is 309 g/mol. The molecule has 0 bridgehead atoms. The molecule has 0 spiro atoms. The van der Waals surface area contributed by atoms with Gasteiger partial charge < -0.3 is 0 Å². The zero-order chi connectivity index (χ0) is 15.9. The molecule has 0 N–H and O–H groups in total. The van der Waals surface area contributed by atoms with Gasteiger partial charge in [0, 0.05) is 0 Å². The van der Waals surface area contributed by atoms with Crippen LogP contribution >= 0.6 is 0 Å². The molecular weight excluding hydrogens is 264 g/mol. The lowest BCUT2D eigenvalue weighted by atomic mass is 9.83. The van der Waals surface area contributed by atoms with Gasteiger partial charge in [0.15, 0.2) is 0 Å². The Balaban J connectivity index is 1.79. The fourth-order valence-electron chi connectivity index (χ4n) is 4.12. The smallest absolute Gasteiger partial charge is 0.0414 e. The van der Waals surface area contributed by atoms with E-state index in [1.165, 1.54) is 116 Å². The molecular formula is C22H44. The van der Waals surface area contributed by atoms with Gasteiger partial charge in [-0.25, -0.2) is 0 Å². The largest absolute Gasteiger partial charge is 0.0654 e. The highest BCUT2D eigenvalue weighted by Crippen LogP contribution is 2.29. The highest BCUT2D eigenvalue weighted by atomic mass is 14.2. The molecule has 1 aliphatic rings. The highest BCUT2D eigenvalue weighted by Gasteiger charge is 2.14. The van der Waals surface area contributed by atoms with E-state index in [1.54, 1.807) is 0 Å². The zero-order valence-electron chi connectivity index (χ0n) is 15.9. The van der Waals surface area contributed by atoms with Crippen LogP contribution in [0.3, 0.4) is 0 Å². The molecule has 0 aliphatic heterocycles. The van der Waals surface area contributed by atoms with Gasteiger partial charge in [-0.2, -0.15) is 0 Å². The first-order valence-corrected chi connectivity index (χ1v) is 10.8. The van der Waals surface area contributed by atoms with Crippen molar-refractivity contribution in [2.45, 2.75) is 129 Å². The molecule has 1 rings (SSSR count). The Labute approximate surface area is 141 Å². The maximum Gasteiger partial charge on any atom is -0.0414 e. The molecule has 0 amide bonds. The lowest BCUT2D eigenvalue weighted by Gasteiger charge is -2.23. The quantitative estimate of drug-likeness (QED) is 0.283. The summed E-state index contributed by atoms with van der Waals surface area (Å²) in [5.41, 5.74) is 0. The fourth-order valence-corrected chi connectivity index (χ4v) is 4.12. The van der Waals surface area contributed by atoms with Crippen LogP contribution in [0.25, 0.3) is 0 Å². The third kappa shape index (κ3) is 11.6. The number of unbranched alkanes of at least 4 members (excludes halogenated alkanes) is 9. The van der Waals surface area contributed by atoms with Gasteiger partial charge in [-0.3, -0.25) is 0 Å². The predicted octanol–water partition coefficient (Wildman–Crippen LogP) is 8.29. The van der Waals surface area contributed by atoms with Crippen molar-refractivity contribution in [1.82, 2.24) is 0 Å². The van der Waals surface area contributed by atoms with Crippen LogP contribution in [0.2, 0.25) is 0 Å². The average Bonchev–Trinajstić information content (AvgIpc) is 2.55. The summed E-state index contributed by atoms with van der Waals surface area (Å²) >= 11 is 0. The van der Waals surface area contributed by atoms with Crippen molar-refractivity contribution in [3.05, 3.63) is 0 Å². The van der Waals surface area contributed by atoms with Crippen molar-refractivity contribution in [3.8, 4) is 0 Å². The summed E-state index contributed by atoms with van der Waals surface area (Å²) in [7, 11) is 0. The summed E-state index contributed by atoms with van der Waals surface area (Å²) < 4.78 is 0. The maximum absolute atomic E-state index is 2.50. The predicted molar refractivity (Wildman–Crippen MR) is 101 cm³/mol. The molecule has 0 heterocycles. The Morgan fingerprint density at radius 1 is 0.682 bits per heavy atom. The summed E-state index contributed by atoms with van der Waals surface area (Å²) in [6.45, 7) is 4.80. The summed E-state index contributed by atoms with van der Waals surface area (Å²) in [4.78, 5) is 0. The lowest BCUT2D eigenvalue weighted by molar-refractivity contribution is 0.306. The first-order valence-electron chi connectivity index (χ1n) is 10.8. The zero-order valence-corrected chi connectivity index (χ0v) is 15.9. The second-order valence-electron chi connectivity index (χ2n) is 8.16. The van der Waals surface area contributed by atoms with Crippen LogP contribution in [0.15, 0.2) is 0 Å². The fraction of sp³-hybridized carbons (Fsp3) is 1.00. The van der Waals surface area contributed by atoms with E-state index in [0.29, 0.717) is 0 Å². The van der Waals surface area contributed by atoms with Crippen LogP contribution < -0.4 is 0 Å². The molecule has 1 aliphatic carbocycles. The Bertz CT molecular complexity index is 214. The van der Waals surface area contributed by atoms with E-state index in [-0.39, 0.29) is 0 Å². The first kappa shape index (κ1) is 20.0. The summed E-state index contributed by atoms with van der Waals surface area (Å²) in [6, 6.07) is 0. The van der Waals surface area contributed by atoms with Crippen molar-refractivity contribution in [2.24, 2.45) is 11.8 Å². The second-order valence-corrected chi connectivity index (χ2v) is 8.16. The van der Waals surface area contributed by atoms with Crippen LogP contribution in [0, 0.1) is 11.8 Å². The number of rotatable bonds is 14. The van der Waals surface area contributed by atoms with Crippen LogP contribution in [-0.2, 0) is 0 Å². The second kappa shape index (κ2) is 14.6. The van der Waals surface area contributed by atoms with E-state index in [2.05, 4.69) is 13.8 Å². The molecule has 132 valence electrons. The van der Waals surface area contributed by atoms with E-state index >= 15 is 0 Å². The van der Waals surface area contributed by atoms with Crippen LogP contribution in [0.5, 0.6) is 0 Å². The van der Waals surface area contributed by atoms with Crippen LogP contribution in [0.1, 0.15) is 129 Å². The molecule has 1 unspecified atom stereocenters. The molecule has 0 aromatic rings. The molecule has 22 heavy (non-hydrogen) atoms. The van der Waals surface area contributed by atoms with Gasteiger partial charge in [0.1, 0.15) is 0 Å². The van der Waals surface area contributed by atoms with Gasteiger partial charge in [0.05, 0.1) is 0 Å². The molecule has 0 saturated heterocycles. The van der Waals surface area contributed by atoms with E-state index in [1.807, 2.05) is 0 Å². The van der Waals surface area contributed by atoms with Crippen molar-refractivity contribution >= 4 is 0 Å². The topological polar surface area (TPSA) is 0 Å². The van der Waals surface area contributed by atoms with Gasteiger partial charge in [-0.05, 0) is 11.8 Å². The highest BCUT2D eigenvalue weighted by molar-refractivity contribution is 4.67. The molecule has 1 fully saturated rings. The van der Waals surface area contributed by atoms with Crippen LogP contribution in [-0.4, -0.2) is 0 Å². The van der Waals surface area contributed by atoms with E-state index < -0.39 is 0 Å². The Kier molecular flexibility index (Phi) is 13.3. The first-order chi connectivity index (χ1) is 10.8. The SMILES string of the molecule is CCCCCCCCCCCCC(C)CCC1CCCCC1. The summed E-state index contributed by atoms with van der Waals surface area (Å²) in [5.74, 6) is 2.07. The molecule has 0 heteroatoms. The standard InChI is InChI=1S/C22H44/c1-3-4-5-6-7-8-9-10-11-13-16-21(2)19-20-22-17-14-12-15-18-22/h21-22H,3-20H2,1-2H3. The van der Waals surface area contributed by atoms with Gasteiger partial charge in [0.25, 0.3) is 0 Å². The van der Waals surface area contributed by atoms with Crippen molar-refractivity contribution < 1.29 is 0 Å². The van der Waals surface area contributed by atoms with Gasteiger partial charge >= 0.3 is 0 Å². The molecule has 1 atom stereocenters. The normalized spacial score (nSPS) is 17.7. The number of hydrogen-bond acceptors (Lipinski definition) is 0. The number of hydrogen-bond donors (Lipinski definition) is 0. The van der Waals surface area contributed by atoms with Gasteiger partial charge in [-0.1, -0.05) is 129 Å². The molecule has 0 aromatic carbocycles. The van der Waals surface area contributed by atoms with Crippen molar-refractivity contribution in [3.63, 3.8) is 0 Å². The Morgan fingerprint density at radius 2 is 1.23 bits per heavy atom. The molecule has 0 radical (unpaired) electrons. The Morgan fingerprint density at radius 3 is 1.82 bits per heavy atom. The monoisotopic (exact) mass is 308 g/mol. The molecule has 0 nitrogen and oxygen atoms in total. The minimum atomic E-state index is 0.982. The lowest BCUT2D eigenvalue weighted by Crippen LogP contribution is -2.08. The Hall–Kier alpha value is 0. The van der Waals surface area contributed by atoms with E-state index in [4.69, 9.17) is 0 Å². The molecule has 1 saturated carbocycles. The van der Waals surface area contributed by atoms with Gasteiger partial charge in [-0.15, -0.1) is 0 Å². The van der Waals surface area contributed by atoms with Crippen LogP contribution in [0.4, 0.5) is 0 Å². The van der Waals surface area contributed by atoms with E-state index in [0.717, 1.165) is 11.8 Å². The summed E-state index contributed by atoms with van der Waals surface area (Å²) in [6.07, 6.45) is 26.8. The van der Waals surface area contributed by atoms with Crippen molar-refractivity contribution in [1.29, 1.82) is 0 Å². The maximum atomic E-state index is 2.50. The van der Waals surface area contributed by atoms with E-state index in [9.17, 15) is 0 Å².